The molecule has 0 bridgehead atoms. The zero-order valence-corrected chi connectivity index (χ0v) is 14.5. The van der Waals surface area contributed by atoms with Gasteiger partial charge in [0.1, 0.15) is 22.5 Å². The molecule has 2 aromatic carbocycles. The normalized spacial score (nSPS) is 11.5. The minimum Gasteiger partial charge on any atom is -0.505 e. The van der Waals surface area contributed by atoms with E-state index < -0.39 is 0 Å². The average Bonchev–Trinajstić information content (AvgIpc) is 2.82. The number of aromatic nitrogens is 3. The SMILES string of the molecule is Cc1cc(-n2nc3ccc(Cl)cc3n2)c(O)c(C(C)(C)C)c1.N. The van der Waals surface area contributed by atoms with E-state index in [9.17, 15) is 5.11 Å². The van der Waals surface area contributed by atoms with Crippen LogP contribution in [-0.4, -0.2) is 20.1 Å². The summed E-state index contributed by atoms with van der Waals surface area (Å²) in [5.74, 6) is 0.213. The third-order valence-corrected chi connectivity index (χ3v) is 3.84. The van der Waals surface area contributed by atoms with Gasteiger partial charge in [-0.3, -0.25) is 0 Å². The molecule has 0 spiro atoms. The largest absolute Gasteiger partial charge is 0.505 e. The highest BCUT2D eigenvalue weighted by atomic mass is 35.5. The van der Waals surface area contributed by atoms with E-state index in [0.29, 0.717) is 16.2 Å². The highest BCUT2D eigenvalue weighted by Gasteiger charge is 2.22. The summed E-state index contributed by atoms with van der Waals surface area (Å²) in [5.41, 5.74) is 3.78. The number of hydrogen-bond acceptors (Lipinski definition) is 4. The van der Waals surface area contributed by atoms with Gasteiger partial charge in [0.25, 0.3) is 0 Å². The van der Waals surface area contributed by atoms with E-state index in [1.807, 2.05) is 25.1 Å². The molecule has 0 aliphatic carbocycles. The minimum atomic E-state index is -0.166. The van der Waals surface area contributed by atoms with Crippen molar-refractivity contribution in [2.24, 2.45) is 0 Å². The predicted molar refractivity (Wildman–Crippen MR) is 94.0 cm³/mol. The molecule has 5 nitrogen and oxygen atoms in total. The molecular formula is C17H21ClN4O. The van der Waals surface area contributed by atoms with Crippen LogP contribution in [0.3, 0.4) is 0 Å². The molecule has 3 rings (SSSR count). The van der Waals surface area contributed by atoms with Gasteiger partial charge in [-0.2, -0.15) is 0 Å². The van der Waals surface area contributed by atoms with Crippen LogP contribution in [0.4, 0.5) is 0 Å². The third-order valence-electron chi connectivity index (χ3n) is 3.60. The van der Waals surface area contributed by atoms with Crippen LogP contribution in [0.1, 0.15) is 31.9 Å². The first-order valence-corrected chi connectivity index (χ1v) is 7.50. The first-order chi connectivity index (χ1) is 10.3. The van der Waals surface area contributed by atoms with Crippen molar-refractivity contribution in [2.75, 3.05) is 0 Å². The Labute approximate surface area is 140 Å². The lowest BCUT2D eigenvalue weighted by Crippen LogP contribution is -2.13. The monoisotopic (exact) mass is 332 g/mol. The fraction of sp³-hybridized carbons (Fsp3) is 0.294. The molecule has 0 unspecified atom stereocenters. The van der Waals surface area contributed by atoms with Crippen molar-refractivity contribution >= 4 is 22.6 Å². The molecule has 0 aliphatic heterocycles. The molecule has 23 heavy (non-hydrogen) atoms. The second-order valence-electron chi connectivity index (χ2n) is 6.55. The number of nitrogens with zero attached hydrogens (tertiary/aromatic N) is 3. The molecule has 0 atom stereocenters. The van der Waals surface area contributed by atoms with Crippen molar-refractivity contribution in [1.82, 2.24) is 21.1 Å². The van der Waals surface area contributed by atoms with Crippen molar-refractivity contribution < 1.29 is 5.11 Å². The zero-order valence-electron chi connectivity index (χ0n) is 13.8. The van der Waals surface area contributed by atoms with Gasteiger partial charge in [-0.1, -0.05) is 38.4 Å². The molecule has 0 amide bonds. The Morgan fingerprint density at radius 2 is 1.70 bits per heavy atom. The smallest absolute Gasteiger partial charge is 0.146 e. The maximum absolute atomic E-state index is 10.7. The Morgan fingerprint density at radius 3 is 2.35 bits per heavy atom. The van der Waals surface area contributed by atoms with E-state index in [1.165, 1.54) is 4.80 Å². The summed E-state index contributed by atoms with van der Waals surface area (Å²) in [7, 11) is 0. The molecule has 122 valence electrons. The van der Waals surface area contributed by atoms with Crippen molar-refractivity contribution in [3.8, 4) is 11.4 Å². The average molecular weight is 333 g/mol. The summed E-state index contributed by atoms with van der Waals surface area (Å²) >= 11 is 5.99. The number of fused-ring (bicyclic) bond motifs is 1. The van der Waals surface area contributed by atoms with Gasteiger partial charge in [0, 0.05) is 10.6 Å². The Hall–Kier alpha value is -2.11. The molecule has 0 saturated heterocycles. The molecule has 1 aromatic heterocycles. The van der Waals surface area contributed by atoms with E-state index in [2.05, 4.69) is 31.0 Å². The van der Waals surface area contributed by atoms with Crippen LogP contribution in [-0.2, 0) is 5.41 Å². The highest BCUT2D eigenvalue weighted by Crippen LogP contribution is 2.36. The molecule has 4 N–H and O–H groups in total. The quantitative estimate of drug-likeness (QED) is 0.684. The van der Waals surface area contributed by atoms with Gasteiger partial charge in [-0.15, -0.1) is 15.0 Å². The molecule has 3 aromatic rings. The Morgan fingerprint density at radius 1 is 1.04 bits per heavy atom. The Balaban J connectivity index is 0.00000192. The Kier molecular flexibility index (Phi) is 4.37. The molecular weight excluding hydrogens is 312 g/mol. The van der Waals surface area contributed by atoms with Crippen molar-refractivity contribution in [3.63, 3.8) is 0 Å². The fourth-order valence-corrected chi connectivity index (χ4v) is 2.65. The van der Waals surface area contributed by atoms with E-state index in [-0.39, 0.29) is 17.3 Å². The zero-order chi connectivity index (χ0) is 16.1. The second kappa shape index (κ2) is 5.83. The van der Waals surface area contributed by atoms with Gasteiger partial charge in [0.15, 0.2) is 0 Å². The van der Waals surface area contributed by atoms with E-state index in [4.69, 9.17) is 11.6 Å². The number of aryl methyl sites for hydroxylation is 1. The van der Waals surface area contributed by atoms with Crippen LogP contribution in [0.25, 0.3) is 16.7 Å². The minimum absolute atomic E-state index is 0. The number of hydrogen-bond donors (Lipinski definition) is 2. The molecule has 0 aliphatic rings. The van der Waals surface area contributed by atoms with E-state index in [0.717, 1.165) is 16.6 Å². The number of phenolic OH excluding ortho intramolecular Hbond substituents is 1. The molecule has 1 heterocycles. The summed E-state index contributed by atoms with van der Waals surface area (Å²) in [6.45, 7) is 8.20. The summed E-state index contributed by atoms with van der Waals surface area (Å²) < 4.78 is 0. The van der Waals surface area contributed by atoms with Crippen molar-refractivity contribution in [1.29, 1.82) is 0 Å². The van der Waals surface area contributed by atoms with Gasteiger partial charge in [0.2, 0.25) is 0 Å². The first-order valence-electron chi connectivity index (χ1n) is 7.13. The lowest BCUT2D eigenvalue weighted by atomic mass is 9.85. The van der Waals surface area contributed by atoms with Crippen LogP contribution in [0.2, 0.25) is 5.02 Å². The first kappa shape index (κ1) is 17.2. The second-order valence-corrected chi connectivity index (χ2v) is 6.99. The van der Waals surface area contributed by atoms with Gasteiger partial charge in [0.05, 0.1) is 0 Å². The van der Waals surface area contributed by atoms with Gasteiger partial charge in [-0.05, 0) is 42.2 Å². The van der Waals surface area contributed by atoms with Gasteiger partial charge < -0.3 is 11.3 Å². The maximum Gasteiger partial charge on any atom is 0.146 e. The Bertz CT molecular complexity index is 865. The number of rotatable bonds is 1. The molecule has 6 heteroatoms. The van der Waals surface area contributed by atoms with E-state index >= 15 is 0 Å². The molecule has 0 radical (unpaired) electrons. The standard InChI is InChI=1S/C17H18ClN3O.H3N/c1-10-7-12(17(2,3)4)16(22)15(8-10)21-19-13-6-5-11(18)9-14(13)20-21;/h5-9,22H,1-4H3;1H3. The number of halogens is 1. The van der Waals surface area contributed by atoms with Crippen LogP contribution >= 0.6 is 11.6 Å². The fourth-order valence-electron chi connectivity index (χ4n) is 2.48. The molecule has 0 saturated carbocycles. The summed E-state index contributed by atoms with van der Waals surface area (Å²) in [6, 6.07) is 9.24. The summed E-state index contributed by atoms with van der Waals surface area (Å²) in [5, 5.41) is 20.1. The topological polar surface area (TPSA) is 85.9 Å². The van der Waals surface area contributed by atoms with Gasteiger partial charge >= 0.3 is 0 Å². The van der Waals surface area contributed by atoms with Crippen LogP contribution in [0, 0.1) is 6.92 Å². The van der Waals surface area contributed by atoms with Gasteiger partial charge in [-0.25, -0.2) is 0 Å². The lowest BCUT2D eigenvalue weighted by Gasteiger charge is -2.22. The van der Waals surface area contributed by atoms with Crippen LogP contribution < -0.4 is 6.15 Å². The number of aromatic hydroxyl groups is 1. The van der Waals surface area contributed by atoms with E-state index in [1.54, 1.807) is 12.1 Å². The van der Waals surface area contributed by atoms with Crippen molar-refractivity contribution in [3.05, 3.63) is 46.5 Å². The van der Waals surface area contributed by atoms with Crippen LogP contribution in [0.15, 0.2) is 30.3 Å². The number of benzene rings is 2. The summed E-state index contributed by atoms with van der Waals surface area (Å²) in [6.07, 6.45) is 0. The predicted octanol–water partition coefficient (Wildman–Crippen LogP) is 4.55. The summed E-state index contributed by atoms with van der Waals surface area (Å²) in [4.78, 5) is 1.47. The maximum atomic E-state index is 10.7. The third kappa shape index (κ3) is 3.16. The molecule has 0 fully saturated rings. The highest BCUT2D eigenvalue weighted by molar-refractivity contribution is 6.31. The lowest BCUT2D eigenvalue weighted by molar-refractivity contribution is 0.440. The van der Waals surface area contributed by atoms with Crippen molar-refractivity contribution in [2.45, 2.75) is 33.1 Å². The van der Waals surface area contributed by atoms with Crippen LogP contribution in [0.5, 0.6) is 5.75 Å². The number of phenols is 1.